The van der Waals surface area contributed by atoms with Gasteiger partial charge in [-0.1, -0.05) is 48.4 Å². The summed E-state index contributed by atoms with van der Waals surface area (Å²) in [6.07, 6.45) is -1.08. The normalized spacial score (nSPS) is 24.7. The molecule has 4 rings (SSSR count). The first-order valence-electron chi connectivity index (χ1n) is 10.1. The van der Waals surface area contributed by atoms with Crippen molar-refractivity contribution in [1.82, 2.24) is 4.90 Å². The van der Waals surface area contributed by atoms with Gasteiger partial charge in [-0.3, -0.25) is 4.90 Å². The van der Waals surface area contributed by atoms with Crippen LogP contribution in [-0.4, -0.2) is 30.4 Å². The predicted molar refractivity (Wildman–Crippen MR) is 108 cm³/mol. The molecule has 156 valence electrons. The van der Waals surface area contributed by atoms with Crippen LogP contribution >= 0.6 is 11.6 Å². The largest absolute Gasteiger partial charge is 0.478 e. The van der Waals surface area contributed by atoms with Crippen molar-refractivity contribution in [2.24, 2.45) is 5.92 Å². The van der Waals surface area contributed by atoms with Gasteiger partial charge in [0.1, 0.15) is 12.5 Å². The molecule has 1 saturated heterocycles. The van der Waals surface area contributed by atoms with Crippen molar-refractivity contribution in [2.75, 3.05) is 13.3 Å². The van der Waals surface area contributed by atoms with Crippen LogP contribution in [0.15, 0.2) is 54.6 Å². The number of hydrogen-bond donors (Lipinski definition) is 0. The smallest absolute Gasteiger partial charge is 0.393 e. The zero-order valence-corrected chi connectivity index (χ0v) is 16.9. The van der Waals surface area contributed by atoms with Gasteiger partial charge in [0.05, 0.1) is 5.92 Å². The third-order valence-electron chi connectivity index (χ3n) is 6.53. The summed E-state index contributed by atoms with van der Waals surface area (Å²) in [4.78, 5) is 1.92. The van der Waals surface area contributed by atoms with Crippen LogP contribution < -0.4 is 4.74 Å². The molecule has 2 aliphatic rings. The van der Waals surface area contributed by atoms with Gasteiger partial charge >= 0.3 is 6.18 Å². The van der Waals surface area contributed by atoms with Gasteiger partial charge in [0.2, 0.25) is 0 Å². The number of rotatable bonds is 5. The topological polar surface area (TPSA) is 12.5 Å². The summed E-state index contributed by atoms with van der Waals surface area (Å²) in [6, 6.07) is 16.0. The average molecular weight is 424 g/mol. The van der Waals surface area contributed by atoms with Crippen LogP contribution in [-0.2, 0) is 5.41 Å². The summed E-state index contributed by atoms with van der Waals surface area (Å²) >= 11 is 6.05. The lowest BCUT2D eigenvalue weighted by molar-refractivity contribution is -0.218. The highest BCUT2D eigenvalue weighted by Crippen LogP contribution is 2.54. The Hall–Kier alpha value is -1.72. The Labute approximate surface area is 174 Å². The molecule has 1 aliphatic carbocycles. The summed E-state index contributed by atoms with van der Waals surface area (Å²) < 4.78 is 48.2. The molecule has 1 heterocycles. The van der Waals surface area contributed by atoms with E-state index in [-0.39, 0.29) is 13.2 Å². The minimum atomic E-state index is -4.23. The highest BCUT2D eigenvalue weighted by molar-refractivity contribution is 6.30. The molecular weight excluding hydrogens is 399 g/mol. The van der Waals surface area contributed by atoms with E-state index in [0.717, 1.165) is 24.8 Å². The van der Waals surface area contributed by atoms with E-state index >= 15 is 0 Å². The Balaban J connectivity index is 1.67. The van der Waals surface area contributed by atoms with Crippen LogP contribution in [0.25, 0.3) is 0 Å². The zero-order valence-electron chi connectivity index (χ0n) is 16.2. The number of para-hydroxylation sites is 1. The summed E-state index contributed by atoms with van der Waals surface area (Å²) in [5, 5.41) is 0.600. The molecule has 0 spiro atoms. The molecule has 0 N–H and O–H groups in total. The fourth-order valence-corrected chi connectivity index (χ4v) is 5.18. The summed E-state index contributed by atoms with van der Waals surface area (Å²) in [5.41, 5.74) is 0.449. The van der Waals surface area contributed by atoms with Crippen LogP contribution in [0.1, 0.15) is 37.7 Å². The third-order valence-corrected chi connectivity index (χ3v) is 6.78. The second kappa shape index (κ2) is 8.19. The first kappa shape index (κ1) is 20.5. The first-order valence-corrected chi connectivity index (χ1v) is 10.5. The number of benzene rings is 2. The lowest BCUT2D eigenvalue weighted by Gasteiger charge is -2.56. The molecule has 2 fully saturated rings. The van der Waals surface area contributed by atoms with E-state index < -0.39 is 23.6 Å². The second-order valence-electron chi connectivity index (χ2n) is 8.15. The van der Waals surface area contributed by atoms with Crippen molar-refractivity contribution in [3.63, 3.8) is 0 Å². The van der Waals surface area contributed by atoms with Crippen molar-refractivity contribution in [2.45, 2.75) is 49.7 Å². The van der Waals surface area contributed by atoms with Gasteiger partial charge in [0.25, 0.3) is 0 Å². The molecule has 29 heavy (non-hydrogen) atoms. The van der Waals surface area contributed by atoms with Crippen molar-refractivity contribution in [1.29, 1.82) is 0 Å². The first-order chi connectivity index (χ1) is 13.9. The maximum Gasteiger partial charge on any atom is 0.393 e. The monoisotopic (exact) mass is 423 g/mol. The Morgan fingerprint density at radius 1 is 1.00 bits per heavy atom. The standard InChI is InChI=1S/C23H25ClF3NO/c24-18-11-9-17(10-12-18)22(13-5-14-22)21-20(23(25,26)27)8-4-15-28(21)16-29-19-6-2-1-3-7-19/h1-3,6-7,9-12,20-21H,4-5,8,13-16H2. The van der Waals surface area contributed by atoms with Crippen LogP contribution in [0, 0.1) is 5.92 Å². The lowest BCUT2D eigenvalue weighted by Crippen LogP contribution is -2.63. The zero-order chi connectivity index (χ0) is 20.5. The number of alkyl halides is 3. The van der Waals surface area contributed by atoms with Gasteiger partial charge in [0, 0.05) is 23.0 Å². The van der Waals surface area contributed by atoms with Crippen LogP contribution in [0.4, 0.5) is 13.2 Å². The quantitative estimate of drug-likeness (QED) is 0.548. The maximum atomic E-state index is 14.1. The highest BCUT2D eigenvalue weighted by Gasteiger charge is 2.58. The number of likely N-dealkylation sites (tertiary alicyclic amines) is 1. The van der Waals surface area contributed by atoms with E-state index in [1.165, 1.54) is 0 Å². The van der Waals surface area contributed by atoms with Crippen molar-refractivity contribution >= 4 is 11.6 Å². The summed E-state index contributed by atoms with van der Waals surface area (Å²) in [5.74, 6) is -0.680. The van der Waals surface area contributed by atoms with E-state index in [1.54, 1.807) is 12.1 Å². The number of hydrogen-bond acceptors (Lipinski definition) is 2. The Bertz CT molecular complexity index is 805. The SMILES string of the molecule is FC(F)(F)C1CCCN(COc2ccccc2)C1C1(c2ccc(Cl)cc2)CCC1. The van der Waals surface area contributed by atoms with E-state index in [2.05, 4.69) is 0 Å². The van der Waals surface area contributed by atoms with Crippen molar-refractivity contribution < 1.29 is 17.9 Å². The van der Waals surface area contributed by atoms with Crippen LogP contribution in [0.3, 0.4) is 0 Å². The number of piperidine rings is 1. The molecule has 0 aromatic heterocycles. The molecule has 1 saturated carbocycles. The number of nitrogens with zero attached hydrogens (tertiary/aromatic N) is 1. The third kappa shape index (κ3) is 4.13. The maximum absolute atomic E-state index is 14.1. The number of ether oxygens (including phenoxy) is 1. The van der Waals surface area contributed by atoms with Crippen LogP contribution in [0.2, 0.25) is 5.02 Å². The molecule has 2 aromatic carbocycles. The Morgan fingerprint density at radius 3 is 2.28 bits per heavy atom. The summed E-state index contributed by atoms with van der Waals surface area (Å²) in [6.45, 7) is 0.774. The van der Waals surface area contributed by atoms with E-state index in [1.807, 2.05) is 47.4 Å². The molecule has 2 unspecified atom stereocenters. The van der Waals surface area contributed by atoms with Crippen LogP contribution in [0.5, 0.6) is 5.75 Å². The van der Waals surface area contributed by atoms with Gasteiger partial charge in [-0.05, 0) is 55.5 Å². The molecule has 0 bridgehead atoms. The Kier molecular flexibility index (Phi) is 5.80. The molecule has 6 heteroatoms. The Morgan fingerprint density at radius 2 is 1.69 bits per heavy atom. The van der Waals surface area contributed by atoms with Gasteiger partial charge in [-0.25, -0.2) is 0 Å². The van der Waals surface area contributed by atoms with E-state index in [0.29, 0.717) is 23.7 Å². The molecule has 2 aromatic rings. The number of halogens is 4. The van der Waals surface area contributed by atoms with Gasteiger partial charge in [0.15, 0.2) is 0 Å². The fraction of sp³-hybridized carbons (Fsp3) is 0.478. The van der Waals surface area contributed by atoms with Crippen molar-refractivity contribution in [3.8, 4) is 5.75 Å². The molecule has 2 nitrogen and oxygen atoms in total. The summed E-state index contributed by atoms with van der Waals surface area (Å²) in [7, 11) is 0. The lowest BCUT2D eigenvalue weighted by atomic mass is 9.56. The van der Waals surface area contributed by atoms with Gasteiger partial charge in [-0.15, -0.1) is 0 Å². The minimum absolute atomic E-state index is 0.163. The molecule has 1 aliphatic heterocycles. The average Bonchev–Trinajstić information content (AvgIpc) is 2.67. The minimum Gasteiger partial charge on any atom is -0.478 e. The van der Waals surface area contributed by atoms with E-state index in [9.17, 15) is 13.2 Å². The predicted octanol–water partition coefficient (Wildman–Crippen LogP) is 6.44. The van der Waals surface area contributed by atoms with E-state index in [4.69, 9.17) is 16.3 Å². The molecular formula is C23H25ClF3NO. The molecule has 0 radical (unpaired) electrons. The van der Waals surface area contributed by atoms with Crippen molar-refractivity contribution in [3.05, 3.63) is 65.2 Å². The second-order valence-corrected chi connectivity index (χ2v) is 8.59. The highest BCUT2D eigenvalue weighted by atomic mass is 35.5. The fourth-order valence-electron chi connectivity index (χ4n) is 5.06. The van der Waals surface area contributed by atoms with Gasteiger partial charge < -0.3 is 4.74 Å². The molecule has 0 amide bonds. The molecule has 2 atom stereocenters. The van der Waals surface area contributed by atoms with Gasteiger partial charge in [-0.2, -0.15) is 13.2 Å².